The van der Waals surface area contributed by atoms with Crippen LogP contribution in [0, 0.1) is 3.57 Å². The highest BCUT2D eigenvalue weighted by Gasteiger charge is 2.13. The van der Waals surface area contributed by atoms with E-state index >= 15 is 0 Å². The second-order valence-electron chi connectivity index (χ2n) is 6.24. The molecule has 138 valence electrons. The van der Waals surface area contributed by atoms with Gasteiger partial charge in [-0.3, -0.25) is 0 Å². The summed E-state index contributed by atoms with van der Waals surface area (Å²) in [6.45, 7) is 3.27. The summed E-state index contributed by atoms with van der Waals surface area (Å²) in [6, 6.07) is 27.6. The van der Waals surface area contributed by atoms with Crippen LogP contribution in [0.2, 0.25) is 0 Å². The normalized spacial score (nSPS) is 11.8. The van der Waals surface area contributed by atoms with Gasteiger partial charge in [0.25, 0.3) is 0 Å². The smallest absolute Gasteiger partial charge is 0.119 e. The molecule has 0 saturated heterocycles. The average Bonchev–Trinajstić information content (AvgIpc) is 2.71. The lowest BCUT2D eigenvalue weighted by Crippen LogP contribution is -2.10. The van der Waals surface area contributed by atoms with Crippen LogP contribution in [0.15, 0.2) is 78.9 Å². The summed E-state index contributed by atoms with van der Waals surface area (Å²) in [5.41, 5.74) is 11.8. The van der Waals surface area contributed by atoms with Crippen molar-refractivity contribution in [1.82, 2.24) is 0 Å². The van der Waals surface area contributed by atoms with Crippen LogP contribution in [0.1, 0.15) is 30.0 Å². The number of allylic oxidation sites excluding steroid dienone is 1. The monoisotopic (exact) mass is 469 g/mol. The van der Waals surface area contributed by atoms with Gasteiger partial charge in [-0.05, 0) is 81.1 Å². The van der Waals surface area contributed by atoms with Gasteiger partial charge in [-0.2, -0.15) is 0 Å². The van der Waals surface area contributed by atoms with E-state index in [2.05, 4.69) is 96.2 Å². The summed E-state index contributed by atoms with van der Waals surface area (Å²) in [4.78, 5) is 0. The second-order valence-corrected chi connectivity index (χ2v) is 7.49. The van der Waals surface area contributed by atoms with Crippen LogP contribution in [0.25, 0.3) is 11.1 Å². The van der Waals surface area contributed by atoms with E-state index in [-0.39, 0.29) is 0 Å². The van der Waals surface area contributed by atoms with Crippen LogP contribution < -0.4 is 10.5 Å². The molecule has 0 spiro atoms. The van der Waals surface area contributed by atoms with Crippen molar-refractivity contribution >= 4 is 33.7 Å². The lowest BCUT2D eigenvalue weighted by molar-refractivity contribution is 0.328. The van der Waals surface area contributed by atoms with Gasteiger partial charge in [0.2, 0.25) is 0 Å². The van der Waals surface area contributed by atoms with Crippen molar-refractivity contribution in [1.29, 1.82) is 0 Å². The quantitative estimate of drug-likeness (QED) is 0.341. The first-order valence-electron chi connectivity index (χ1n) is 9.20. The first kappa shape index (κ1) is 19.6. The molecule has 2 N–H and O–H groups in total. The number of rotatable bonds is 7. The van der Waals surface area contributed by atoms with Crippen molar-refractivity contribution in [3.63, 3.8) is 0 Å². The molecule has 0 atom stereocenters. The van der Waals surface area contributed by atoms with Crippen LogP contribution in [-0.4, -0.2) is 13.2 Å². The largest absolute Gasteiger partial charge is 0.492 e. The summed E-state index contributed by atoms with van der Waals surface area (Å²) in [5.74, 6) is 0.851. The Morgan fingerprint density at radius 1 is 0.852 bits per heavy atom. The van der Waals surface area contributed by atoms with Crippen LogP contribution in [0.4, 0.5) is 0 Å². The Morgan fingerprint density at radius 2 is 1.56 bits per heavy atom. The Bertz CT molecular complexity index is 901. The van der Waals surface area contributed by atoms with Gasteiger partial charge < -0.3 is 10.5 Å². The minimum Gasteiger partial charge on any atom is -0.492 e. The topological polar surface area (TPSA) is 35.2 Å². The molecule has 0 amide bonds. The van der Waals surface area contributed by atoms with Crippen molar-refractivity contribution in [2.75, 3.05) is 13.2 Å². The van der Waals surface area contributed by atoms with Crippen LogP contribution in [0.3, 0.4) is 0 Å². The SMILES string of the molecule is CC/C(=C(/c1ccc(OCCN)cc1)c1cccc(I)c1)c1ccccc1. The third-order valence-corrected chi connectivity index (χ3v) is 5.09. The van der Waals surface area contributed by atoms with E-state index in [0.717, 1.165) is 12.2 Å². The second kappa shape index (κ2) is 9.72. The average molecular weight is 469 g/mol. The molecule has 0 unspecified atom stereocenters. The van der Waals surface area contributed by atoms with E-state index in [4.69, 9.17) is 10.5 Å². The van der Waals surface area contributed by atoms with Gasteiger partial charge in [-0.25, -0.2) is 0 Å². The first-order valence-corrected chi connectivity index (χ1v) is 10.3. The van der Waals surface area contributed by atoms with Gasteiger partial charge >= 0.3 is 0 Å². The Morgan fingerprint density at radius 3 is 2.19 bits per heavy atom. The summed E-state index contributed by atoms with van der Waals surface area (Å²) in [7, 11) is 0. The first-order chi connectivity index (χ1) is 13.2. The minimum absolute atomic E-state index is 0.517. The molecule has 0 radical (unpaired) electrons. The number of halogens is 1. The Kier molecular flexibility index (Phi) is 7.07. The van der Waals surface area contributed by atoms with Crippen LogP contribution in [-0.2, 0) is 0 Å². The van der Waals surface area contributed by atoms with Gasteiger partial charge in [0.1, 0.15) is 12.4 Å². The molecule has 0 aliphatic carbocycles. The fraction of sp³-hybridized carbons (Fsp3) is 0.167. The molecule has 27 heavy (non-hydrogen) atoms. The fourth-order valence-electron chi connectivity index (χ4n) is 3.22. The van der Waals surface area contributed by atoms with E-state index in [1.165, 1.54) is 31.4 Å². The van der Waals surface area contributed by atoms with Gasteiger partial charge in [-0.1, -0.05) is 61.5 Å². The van der Waals surface area contributed by atoms with E-state index in [1.807, 2.05) is 12.1 Å². The van der Waals surface area contributed by atoms with Gasteiger partial charge in [-0.15, -0.1) is 0 Å². The van der Waals surface area contributed by atoms with Crippen molar-refractivity contribution in [3.8, 4) is 5.75 Å². The van der Waals surface area contributed by atoms with E-state index in [9.17, 15) is 0 Å². The molecule has 0 saturated carbocycles. The third-order valence-electron chi connectivity index (χ3n) is 4.42. The molecule has 0 aromatic heterocycles. The molecule has 3 aromatic carbocycles. The maximum atomic E-state index is 5.64. The lowest BCUT2D eigenvalue weighted by Gasteiger charge is -2.17. The zero-order valence-electron chi connectivity index (χ0n) is 15.5. The number of nitrogens with two attached hydrogens (primary N) is 1. The van der Waals surface area contributed by atoms with Crippen molar-refractivity contribution < 1.29 is 4.74 Å². The lowest BCUT2D eigenvalue weighted by atomic mass is 9.88. The predicted octanol–water partition coefficient (Wildman–Crippen LogP) is 6.00. The molecule has 0 bridgehead atoms. The predicted molar refractivity (Wildman–Crippen MR) is 123 cm³/mol. The molecular weight excluding hydrogens is 445 g/mol. The molecule has 0 fully saturated rings. The number of ether oxygens (including phenoxy) is 1. The zero-order valence-corrected chi connectivity index (χ0v) is 17.6. The molecule has 0 aliphatic rings. The number of benzene rings is 3. The zero-order chi connectivity index (χ0) is 19.1. The maximum absolute atomic E-state index is 5.64. The van der Waals surface area contributed by atoms with Crippen molar-refractivity contribution in [2.24, 2.45) is 5.73 Å². The number of hydrogen-bond acceptors (Lipinski definition) is 2. The summed E-state index contributed by atoms with van der Waals surface area (Å²) in [6.07, 6.45) is 0.955. The van der Waals surface area contributed by atoms with Gasteiger partial charge in [0, 0.05) is 10.1 Å². The van der Waals surface area contributed by atoms with Crippen LogP contribution >= 0.6 is 22.6 Å². The minimum atomic E-state index is 0.517. The van der Waals surface area contributed by atoms with E-state index in [0.29, 0.717) is 13.2 Å². The highest BCUT2D eigenvalue weighted by Crippen LogP contribution is 2.35. The molecule has 3 aromatic rings. The van der Waals surface area contributed by atoms with Gasteiger partial charge in [0.05, 0.1) is 0 Å². The molecule has 0 aliphatic heterocycles. The van der Waals surface area contributed by atoms with E-state index in [1.54, 1.807) is 0 Å². The molecule has 3 rings (SSSR count). The highest BCUT2D eigenvalue weighted by atomic mass is 127. The molecular formula is C24H24INO. The summed E-state index contributed by atoms with van der Waals surface area (Å²) < 4.78 is 6.87. The van der Waals surface area contributed by atoms with Crippen LogP contribution in [0.5, 0.6) is 5.75 Å². The molecule has 0 heterocycles. The molecule has 3 heteroatoms. The third kappa shape index (κ3) is 4.99. The van der Waals surface area contributed by atoms with Crippen molar-refractivity contribution in [3.05, 3.63) is 99.1 Å². The standard InChI is InChI=1S/C24H24INO/c1-2-23(18-7-4-3-5-8-18)24(20-9-6-10-21(25)17-20)19-11-13-22(14-12-19)27-16-15-26/h3-14,17H,2,15-16,26H2,1H3/b24-23+. The number of hydrogen-bond donors (Lipinski definition) is 1. The fourth-order valence-corrected chi connectivity index (χ4v) is 3.76. The Labute approximate surface area is 175 Å². The van der Waals surface area contributed by atoms with E-state index < -0.39 is 0 Å². The van der Waals surface area contributed by atoms with Crippen molar-refractivity contribution in [2.45, 2.75) is 13.3 Å². The highest BCUT2D eigenvalue weighted by molar-refractivity contribution is 14.1. The summed E-state index contributed by atoms with van der Waals surface area (Å²) >= 11 is 2.37. The van der Waals surface area contributed by atoms with Gasteiger partial charge in [0.15, 0.2) is 0 Å². The molecule has 2 nitrogen and oxygen atoms in total. The Balaban J connectivity index is 2.14. The maximum Gasteiger partial charge on any atom is 0.119 e. The Hall–Kier alpha value is -2.11. The summed E-state index contributed by atoms with van der Waals surface area (Å²) in [5, 5.41) is 0.